The Morgan fingerprint density at radius 2 is 1.72 bits per heavy atom. The van der Waals surface area contributed by atoms with E-state index in [0.717, 1.165) is 49.1 Å². The maximum atomic E-state index is 14.7. The van der Waals surface area contributed by atoms with Crippen LogP contribution in [0.25, 0.3) is 10.9 Å². The van der Waals surface area contributed by atoms with Gasteiger partial charge >= 0.3 is 17.7 Å². The van der Waals surface area contributed by atoms with Gasteiger partial charge in [0, 0.05) is 88.3 Å². The minimum atomic E-state index is -2.64. The Kier molecular flexibility index (Phi) is 19.7. The van der Waals surface area contributed by atoms with E-state index in [1.807, 2.05) is 33.8 Å². The monoisotopic (exact) mass is 989 g/mol. The van der Waals surface area contributed by atoms with E-state index in [4.69, 9.17) is 23.7 Å². The highest BCUT2D eigenvalue weighted by atomic mass is 16.7. The number of hydrogen-bond donors (Lipinski definition) is 2. The van der Waals surface area contributed by atoms with Crippen molar-refractivity contribution in [3.8, 4) is 0 Å². The second-order valence-electron chi connectivity index (χ2n) is 21.6. The SMILES string of the molecule is C=CCC1C=C(C)CC(C)CC(OC)C2OC(O)(C(=O)C(=O)[N+]3(O)CCCCC3C(=O)OC(C(C)=CC3CCC(N(C)c4ccc5c(ccn5CCC)c4)C(OCC)C3)C(C)CCC1=O)C(C)CC2OC. The molecule has 4 heterocycles. The highest BCUT2D eigenvalue weighted by molar-refractivity contribution is 6.36. The maximum absolute atomic E-state index is 14.7. The number of fused-ring (bicyclic) bond motifs is 4. The lowest BCUT2D eigenvalue weighted by molar-refractivity contribution is -1.05. The largest absolute Gasteiger partial charge is 0.453 e. The fraction of sp³-hybridized carbons (Fsp3) is 0.684. The first-order valence-corrected chi connectivity index (χ1v) is 26.6. The first kappa shape index (κ1) is 56.3. The van der Waals surface area contributed by atoms with Crippen molar-refractivity contribution in [3.63, 3.8) is 0 Å². The molecular formula is C57H86N3O11+. The number of aromatic nitrogens is 1. The van der Waals surface area contributed by atoms with Crippen molar-refractivity contribution in [2.75, 3.05) is 39.3 Å². The van der Waals surface area contributed by atoms with Crippen LogP contribution in [0.4, 0.5) is 5.69 Å². The molecule has 0 spiro atoms. The van der Waals surface area contributed by atoms with E-state index < -0.39 is 70.4 Å². The molecule has 4 aliphatic rings. The summed E-state index contributed by atoms with van der Waals surface area (Å²) in [5.74, 6) is -7.60. The second kappa shape index (κ2) is 24.8. The number of methoxy groups -OCH3 is 2. The average Bonchev–Trinajstić information content (AvgIpc) is 3.75. The number of amides is 1. The van der Waals surface area contributed by atoms with Crippen LogP contribution in [0.1, 0.15) is 132 Å². The highest BCUT2D eigenvalue weighted by Crippen LogP contribution is 2.41. The summed E-state index contributed by atoms with van der Waals surface area (Å²) in [6.07, 6.45) is 11.9. The Bertz CT molecular complexity index is 2240. The van der Waals surface area contributed by atoms with Crippen LogP contribution in [0, 0.1) is 29.6 Å². The van der Waals surface area contributed by atoms with Crippen LogP contribution >= 0.6 is 0 Å². The van der Waals surface area contributed by atoms with Gasteiger partial charge in [-0.1, -0.05) is 51.5 Å². The van der Waals surface area contributed by atoms with Crippen LogP contribution < -0.4 is 4.90 Å². The van der Waals surface area contributed by atoms with Crippen molar-refractivity contribution in [2.45, 2.75) is 187 Å². The molecule has 1 aliphatic carbocycles. The molecule has 14 unspecified atom stereocenters. The number of aryl methyl sites for hydroxylation is 1. The fourth-order valence-electron chi connectivity index (χ4n) is 12.3. The predicted octanol–water partition coefficient (Wildman–Crippen LogP) is 9.47. The topological polar surface area (TPSA) is 163 Å². The summed E-state index contributed by atoms with van der Waals surface area (Å²) in [6.45, 7) is 19.1. The van der Waals surface area contributed by atoms with E-state index in [9.17, 15) is 29.5 Å². The number of likely N-dealkylation sites (N-methyl/N-ethyl adjacent to an activating group) is 1. The summed E-state index contributed by atoms with van der Waals surface area (Å²) in [5, 5.41) is 25.8. The number of ether oxygens (including phenoxy) is 5. The van der Waals surface area contributed by atoms with Gasteiger partial charge in [0.25, 0.3) is 0 Å². The second-order valence-corrected chi connectivity index (χ2v) is 21.6. The number of Topliss-reactive ketones (excluding diaryl/α,β-unsaturated/α-hetero) is 2. The van der Waals surface area contributed by atoms with Crippen LogP contribution in [0.5, 0.6) is 0 Å². The molecular weight excluding hydrogens is 903 g/mol. The van der Waals surface area contributed by atoms with E-state index in [1.54, 1.807) is 13.0 Å². The van der Waals surface area contributed by atoms with Crippen molar-refractivity contribution < 1.29 is 57.8 Å². The van der Waals surface area contributed by atoms with Crippen molar-refractivity contribution in [2.24, 2.45) is 29.6 Å². The number of aliphatic hydroxyl groups is 1. The van der Waals surface area contributed by atoms with E-state index in [0.29, 0.717) is 45.1 Å². The normalized spacial score (nSPS) is 35.5. The number of rotatable bonds is 12. The van der Waals surface area contributed by atoms with Crippen LogP contribution in [0.3, 0.4) is 0 Å². The molecule has 2 bridgehead atoms. The number of hydroxylamine groups is 3. The number of allylic oxidation sites excluding steroid dienone is 4. The Labute approximate surface area is 423 Å². The fourth-order valence-corrected chi connectivity index (χ4v) is 12.3. The van der Waals surface area contributed by atoms with E-state index in [1.165, 1.54) is 25.1 Å². The molecule has 71 heavy (non-hydrogen) atoms. The number of quaternary nitrogens is 1. The zero-order valence-electron chi connectivity index (χ0n) is 44.5. The third-order valence-electron chi connectivity index (χ3n) is 16.3. The third kappa shape index (κ3) is 12.7. The minimum Gasteiger partial charge on any atom is -0.453 e. The number of carbonyl (C=O) groups is 4. The average molecular weight is 989 g/mol. The van der Waals surface area contributed by atoms with Crippen LogP contribution in [-0.4, -0.2) is 126 Å². The van der Waals surface area contributed by atoms with Crippen molar-refractivity contribution in [1.82, 2.24) is 4.57 Å². The van der Waals surface area contributed by atoms with Gasteiger partial charge in [-0.05, 0) is 133 Å². The number of benzene rings is 1. The van der Waals surface area contributed by atoms with Gasteiger partial charge in [0.2, 0.25) is 11.8 Å². The minimum absolute atomic E-state index is 0.0219. The van der Waals surface area contributed by atoms with Gasteiger partial charge in [0.1, 0.15) is 24.5 Å². The molecule has 0 radical (unpaired) electrons. The Balaban J connectivity index is 1.32. The van der Waals surface area contributed by atoms with Crippen LogP contribution in [-0.2, 0) is 49.4 Å². The molecule has 1 amide bonds. The lowest BCUT2D eigenvalue weighted by Gasteiger charge is -2.46. The maximum Gasteiger partial charge on any atom is 0.420 e. The number of cyclic esters (lactones) is 1. The molecule has 3 aliphatic heterocycles. The van der Waals surface area contributed by atoms with E-state index in [2.05, 4.69) is 73.5 Å². The smallest absolute Gasteiger partial charge is 0.420 e. The number of anilines is 1. The summed E-state index contributed by atoms with van der Waals surface area (Å²) >= 11 is 0. The van der Waals surface area contributed by atoms with Crippen molar-refractivity contribution >= 4 is 40.0 Å². The number of hydrogen-bond acceptors (Lipinski definition) is 12. The van der Waals surface area contributed by atoms with E-state index >= 15 is 0 Å². The molecule has 14 atom stereocenters. The molecule has 14 heteroatoms. The first-order valence-electron chi connectivity index (χ1n) is 26.6. The van der Waals surface area contributed by atoms with Crippen molar-refractivity contribution in [3.05, 3.63) is 66.4 Å². The molecule has 394 valence electrons. The Hall–Kier alpha value is -4.02. The molecule has 2 saturated heterocycles. The predicted molar refractivity (Wildman–Crippen MR) is 274 cm³/mol. The Morgan fingerprint density at radius 1 is 0.986 bits per heavy atom. The molecule has 3 fully saturated rings. The highest BCUT2D eigenvalue weighted by Gasteiger charge is 2.62. The summed E-state index contributed by atoms with van der Waals surface area (Å²) in [7, 11) is 5.20. The van der Waals surface area contributed by atoms with Crippen LogP contribution in [0.15, 0.2) is 66.4 Å². The van der Waals surface area contributed by atoms with Gasteiger partial charge in [0.15, 0.2) is 0 Å². The summed E-state index contributed by atoms with van der Waals surface area (Å²) in [5.41, 5.74) is 4.19. The van der Waals surface area contributed by atoms with Gasteiger partial charge in [-0.3, -0.25) is 9.59 Å². The summed E-state index contributed by atoms with van der Waals surface area (Å²) < 4.78 is 31.8. The van der Waals surface area contributed by atoms with Gasteiger partial charge in [-0.2, -0.15) is 0 Å². The van der Waals surface area contributed by atoms with Gasteiger partial charge in [0.05, 0.1) is 24.4 Å². The number of piperidine rings is 1. The van der Waals surface area contributed by atoms with Gasteiger partial charge in [-0.25, -0.2) is 14.8 Å². The molecule has 1 saturated carbocycles. The standard InChI is InChI=1S/C57H86N3O11/c1-12-17-43-30-36(4)29-37(5)31-50(67-10)53-51(68-11)33-40(8)57(65,71-53)54(62)55(63)60(66)28-16-15-18-47(60)56(64)70-52(38(6)19-24-48(43)61)39(7)32-41-20-22-46(49(34-41)69-14-3)58(9)44-21-23-45-42(35-44)25-27-59(45)26-13-2/h12,21,23,25,27,30,32,35,37-38,40-41,43,46-47,49-53,65-66H,1,13-20,22,24,26,28-29,31,33-34H2,2-11H3/q+1. The molecule has 6 rings (SSSR count). The summed E-state index contributed by atoms with van der Waals surface area (Å²) in [4.78, 5) is 60.3. The zero-order valence-corrected chi connectivity index (χ0v) is 44.5. The van der Waals surface area contributed by atoms with Crippen LogP contribution in [0.2, 0.25) is 0 Å². The Morgan fingerprint density at radius 3 is 2.41 bits per heavy atom. The quantitative estimate of drug-likeness (QED) is 0.0682. The summed E-state index contributed by atoms with van der Waals surface area (Å²) in [6, 6.07) is 7.52. The molecule has 2 N–H and O–H groups in total. The first-order chi connectivity index (χ1) is 33.8. The van der Waals surface area contributed by atoms with Crippen molar-refractivity contribution in [1.29, 1.82) is 0 Å². The third-order valence-corrected chi connectivity index (χ3v) is 16.3. The lowest BCUT2D eigenvalue weighted by atomic mass is 9.80. The lowest BCUT2D eigenvalue weighted by Crippen LogP contribution is -2.70. The molecule has 1 aromatic heterocycles. The number of esters is 1. The van der Waals surface area contributed by atoms with Gasteiger partial charge < -0.3 is 38.3 Å². The molecule has 1 aromatic carbocycles. The van der Waals surface area contributed by atoms with Gasteiger partial charge in [-0.15, -0.1) is 11.2 Å². The number of nitrogens with zero attached hydrogens (tertiary/aromatic N) is 3. The molecule has 14 nitrogen and oxygen atoms in total. The number of ketones is 2. The van der Waals surface area contributed by atoms with E-state index in [-0.39, 0.29) is 61.5 Å². The molecule has 2 aromatic rings. The number of carbonyl (C=O) groups excluding carboxylic acids is 4. The zero-order chi connectivity index (χ0) is 51.8.